The second-order valence-electron chi connectivity index (χ2n) is 6.04. The molecule has 0 atom stereocenters. The summed E-state index contributed by atoms with van der Waals surface area (Å²) in [5, 5.41) is 3.55. The van der Waals surface area contributed by atoms with E-state index in [4.69, 9.17) is 21.1 Å². The monoisotopic (exact) mass is 368 g/mol. The Morgan fingerprint density at radius 2 is 1.92 bits per heavy atom. The number of rotatable bonds is 8. The molecule has 1 aliphatic rings. The predicted octanol–water partition coefficient (Wildman–Crippen LogP) is 2.11. The Morgan fingerprint density at radius 1 is 1.24 bits per heavy atom. The Hall–Kier alpha value is -1.79. The molecule has 1 aromatic rings. The van der Waals surface area contributed by atoms with Crippen LogP contribution in [0.15, 0.2) is 24.3 Å². The first kappa shape index (κ1) is 19.5. The molecule has 1 heterocycles. The van der Waals surface area contributed by atoms with Crippen molar-refractivity contribution in [3.8, 4) is 5.75 Å². The number of hydrogen-bond acceptors (Lipinski definition) is 4. The molecule has 0 unspecified atom stereocenters. The van der Waals surface area contributed by atoms with Gasteiger partial charge in [0.1, 0.15) is 5.75 Å². The third kappa shape index (κ3) is 6.55. The molecule has 6 nitrogen and oxygen atoms in total. The Balaban J connectivity index is 1.67. The van der Waals surface area contributed by atoms with Crippen molar-refractivity contribution < 1.29 is 19.1 Å². The van der Waals surface area contributed by atoms with E-state index < -0.39 is 0 Å². The van der Waals surface area contributed by atoms with Gasteiger partial charge in [-0.25, -0.2) is 0 Å². The predicted molar refractivity (Wildman–Crippen MR) is 95.8 cm³/mol. The number of halogens is 1. The molecule has 2 amide bonds. The standard InChI is InChI=1S/C18H25ClN2O4/c1-24-12-2-9-20-18(23)14-7-10-21(11-8-14)17(22)13-25-16-5-3-15(19)4-6-16/h3-6,14H,2,7-13H2,1H3,(H,20,23). The molecule has 2 rings (SSSR count). The van der Waals surface area contributed by atoms with Crippen LogP contribution in [0.5, 0.6) is 5.75 Å². The molecule has 1 N–H and O–H groups in total. The van der Waals surface area contributed by atoms with Crippen LogP contribution in [0.2, 0.25) is 5.02 Å². The van der Waals surface area contributed by atoms with Crippen LogP contribution in [0.4, 0.5) is 0 Å². The molecular weight excluding hydrogens is 344 g/mol. The van der Waals surface area contributed by atoms with Gasteiger partial charge in [-0.15, -0.1) is 0 Å². The second kappa shape index (κ2) is 10.3. The van der Waals surface area contributed by atoms with Crippen LogP contribution in [0.25, 0.3) is 0 Å². The fourth-order valence-electron chi connectivity index (χ4n) is 2.73. The van der Waals surface area contributed by atoms with Gasteiger partial charge in [-0.05, 0) is 43.5 Å². The van der Waals surface area contributed by atoms with Gasteiger partial charge in [0, 0.05) is 44.3 Å². The van der Waals surface area contributed by atoms with E-state index in [0.717, 1.165) is 6.42 Å². The van der Waals surface area contributed by atoms with E-state index in [1.807, 2.05) is 0 Å². The minimum atomic E-state index is -0.0612. The summed E-state index contributed by atoms with van der Waals surface area (Å²) >= 11 is 5.81. The molecule has 25 heavy (non-hydrogen) atoms. The third-order valence-corrected chi connectivity index (χ3v) is 4.47. The second-order valence-corrected chi connectivity index (χ2v) is 6.47. The van der Waals surface area contributed by atoms with Crippen LogP contribution >= 0.6 is 11.6 Å². The van der Waals surface area contributed by atoms with Gasteiger partial charge < -0.3 is 19.7 Å². The largest absolute Gasteiger partial charge is 0.484 e. The minimum Gasteiger partial charge on any atom is -0.484 e. The van der Waals surface area contributed by atoms with E-state index in [2.05, 4.69) is 5.32 Å². The van der Waals surface area contributed by atoms with Gasteiger partial charge in [0.05, 0.1) is 0 Å². The lowest BCUT2D eigenvalue weighted by Crippen LogP contribution is -2.44. The molecule has 138 valence electrons. The summed E-state index contributed by atoms with van der Waals surface area (Å²) in [6, 6.07) is 6.90. The quantitative estimate of drug-likeness (QED) is 0.713. The van der Waals surface area contributed by atoms with Gasteiger partial charge >= 0.3 is 0 Å². The number of amides is 2. The summed E-state index contributed by atoms with van der Waals surface area (Å²) in [6.07, 6.45) is 2.17. The zero-order chi connectivity index (χ0) is 18.1. The SMILES string of the molecule is COCCCNC(=O)C1CCN(C(=O)COc2ccc(Cl)cc2)CC1. The average Bonchev–Trinajstić information content (AvgIpc) is 2.64. The van der Waals surface area contributed by atoms with E-state index in [1.54, 1.807) is 36.3 Å². The highest BCUT2D eigenvalue weighted by Gasteiger charge is 2.27. The van der Waals surface area contributed by atoms with Crippen molar-refractivity contribution in [3.63, 3.8) is 0 Å². The zero-order valence-corrected chi connectivity index (χ0v) is 15.3. The maximum atomic E-state index is 12.2. The number of nitrogens with one attached hydrogen (secondary N) is 1. The Bertz CT molecular complexity index is 557. The molecule has 0 spiro atoms. The van der Waals surface area contributed by atoms with Crippen LogP contribution in [-0.2, 0) is 14.3 Å². The number of piperidine rings is 1. The summed E-state index contributed by atoms with van der Waals surface area (Å²) in [4.78, 5) is 26.1. The lowest BCUT2D eigenvalue weighted by Gasteiger charge is -2.31. The maximum Gasteiger partial charge on any atom is 0.260 e. The fourth-order valence-corrected chi connectivity index (χ4v) is 2.86. The number of carbonyl (C=O) groups is 2. The third-order valence-electron chi connectivity index (χ3n) is 4.22. The lowest BCUT2D eigenvalue weighted by atomic mass is 9.96. The number of hydrogen-bond donors (Lipinski definition) is 1. The minimum absolute atomic E-state index is 0.00445. The van der Waals surface area contributed by atoms with Crippen LogP contribution < -0.4 is 10.1 Å². The molecule has 0 radical (unpaired) electrons. The van der Waals surface area contributed by atoms with Crippen molar-refractivity contribution in [2.75, 3.05) is 40.0 Å². The normalized spacial score (nSPS) is 15.0. The molecule has 0 saturated carbocycles. The van der Waals surface area contributed by atoms with E-state index >= 15 is 0 Å². The number of carbonyl (C=O) groups excluding carboxylic acids is 2. The van der Waals surface area contributed by atoms with Crippen molar-refractivity contribution in [2.45, 2.75) is 19.3 Å². The lowest BCUT2D eigenvalue weighted by molar-refractivity contribution is -0.137. The first-order valence-corrected chi connectivity index (χ1v) is 8.90. The van der Waals surface area contributed by atoms with Crippen LogP contribution in [0, 0.1) is 5.92 Å². The van der Waals surface area contributed by atoms with E-state index in [-0.39, 0.29) is 24.3 Å². The number of nitrogens with zero attached hydrogens (tertiary/aromatic N) is 1. The van der Waals surface area contributed by atoms with Gasteiger partial charge in [0.2, 0.25) is 5.91 Å². The molecule has 0 bridgehead atoms. The molecule has 1 aromatic carbocycles. The smallest absolute Gasteiger partial charge is 0.260 e. The van der Waals surface area contributed by atoms with E-state index in [0.29, 0.717) is 49.9 Å². The van der Waals surface area contributed by atoms with Gasteiger partial charge in [-0.3, -0.25) is 9.59 Å². The Kier molecular flexibility index (Phi) is 8.01. The van der Waals surface area contributed by atoms with Crippen molar-refractivity contribution in [1.29, 1.82) is 0 Å². The molecule has 1 saturated heterocycles. The van der Waals surface area contributed by atoms with Crippen LogP contribution in [0.3, 0.4) is 0 Å². The van der Waals surface area contributed by atoms with Crippen molar-refractivity contribution in [1.82, 2.24) is 10.2 Å². The van der Waals surface area contributed by atoms with Crippen molar-refractivity contribution >= 4 is 23.4 Å². The highest BCUT2D eigenvalue weighted by molar-refractivity contribution is 6.30. The molecule has 1 fully saturated rings. The number of ether oxygens (including phenoxy) is 2. The fraction of sp³-hybridized carbons (Fsp3) is 0.556. The van der Waals surface area contributed by atoms with Gasteiger partial charge in [-0.1, -0.05) is 11.6 Å². The average molecular weight is 369 g/mol. The summed E-state index contributed by atoms with van der Waals surface area (Å²) in [6.45, 7) is 2.43. The van der Waals surface area contributed by atoms with Gasteiger partial charge in [-0.2, -0.15) is 0 Å². The summed E-state index contributed by atoms with van der Waals surface area (Å²) < 4.78 is 10.4. The first-order chi connectivity index (χ1) is 12.1. The van der Waals surface area contributed by atoms with Crippen LogP contribution in [-0.4, -0.2) is 56.7 Å². The summed E-state index contributed by atoms with van der Waals surface area (Å²) in [5.41, 5.74) is 0. The number of methoxy groups -OCH3 is 1. The van der Waals surface area contributed by atoms with E-state index in [9.17, 15) is 9.59 Å². The Labute approximate surface area is 153 Å². The molecule has 0 aliphatic carbocycles. The first-order valence-electron chi connectivity index (χ1n) is 8.53. The maximum absolute atomic E-state index is 12.2. The molecule has 1 aliphatic heterocycles. The number of benzene rings is 1. The zero-order valence-electron chi connectivity index (χ0n) is 14.5. The molecule has 0 aromatic heterocycles. The van der Waals surface area contributed by atoms with Crippen molar-refractivity contribution in [2.24, 2.45) is 5.92 Å². The highest BCUT2D eigenvalue weighted by atomic mass is 35.5. The highest BCUT2D eigenvalue weighted by Crippen LogP contribution is 2.19. The number of likely N-dealkylation sites (tertiary alicyclic amines) is 1. The van der Waals surface area contributed by atoms with Gasteiger partial charge in [0.15, 0.2) is 6.61 Å². The Morgan fingerprint density at radius 3 is 2.56 bits per heavy atom. The topological polar surface area (TPSA) is 67.9 Å². The summed E-state index contributed by atoms with van der Waals surface area (Å²) in [7, 11) is 1.64. The van der Waals surface area contributed by atoms with E-state index in [1.165, 1.54) is 0 Å². The molecule has 7 heteroatoms. The van der Waals surface area contributed by atoms with Crippen LogP contribution in [0.1, 0.15) is 19.3 Å². The van der Waals surface area contributed by atoms with Crippen molar-refractivity contribution in [3.05, 3.63) is 29.3 Å². The molecular formula is C18H25ClN2O4. The summed E-state index contributed by atoms with van der Waals surface area (Å²) in [5.74, 6) is 0.598. The van der Waals surface area contributed by atoms with Gasteiger partial charge in [0.25, 0.3) is 5.91 Å².